The number of hydrogen-bond donors (Lipinski definition) is 1. The van der Waals surface area contributed by atoms with Gasteiger partial charge in [0.05, 0.1) is 0 Å². The molecule has 1 saturated heterocycles. The van der Waals surface area contributed by atoms with Crippen LogP contribution in [0.2, 0.25) is 0 Å². The maximum absolute atomic E-state index is 11.5. The third-order valence-corrected chi connectivity index (χ3v) is 2.59. The van der Waals surface area contributed by atoms with Crippen LogP contribution in [0.15, 0.2) is 12.7 Å². The van der Waals surface area contributed by atoms with Crippen LogP contribution in [0.1, 0.15) is 19.8 Å². The van der Waals surface area contributed by atoms with Crippen LogP contribution in [-0.2, 0) is 9.59 Å². The summed E-state index contributed by atoms with van der Waals surface area (Å²) in [4.78, 5) is 23.8. The van der Waals surface area contributed by atoms with E-state index in [1.54, 1.807) is 0 Å². The van der Waals surface area contributed by atoms with E-state index >= 15 is 0 Å². The first-order valence-electron chi connectivity index (χ1n) is 4.71. The van der Waals surface area contributed by atoms with Crippen LogP contribution in [-0.4, -0.2) is 34.5 Å². The van der Waals surface area contributed by atoms with E-state index in [0.717, 1.165) is 6.42 Å². The average molecular weight is 197 g/mol. The molecule has 0 aromatic rings. The minimum Gasteiger partial charge on any atom is -0.480 e. The number of nitrogens with zero attached hydrogens (tertiary/aromatic N) is 1. The first kappa shape index (κ1) is 10.8. The third-order valence-electron chi connectivity index (χ3n) is 2.59. The van der Waals surface area contributed by atoms with Gasteiger partial charge in [-0.25, -0.2) is 4.79 Å². The third kappa shape index (κ3) is 1.95. The summed E-state index contributed by atoms with van der Waals surface area (Å²) in [7, 11) is 0. The van der Waals surface area contributed by atoms with Crippen molar-refractivity contribution in [1.29, 1.82) is 0 Å². The summed E-state index contributed by atoms with van der Waals surface area (Å²) in [6.07, 6.45) is 2.49. The van der Waals surface area contributed by atoms with E-state index in [4.69, 9.17) is 5.11 Å². The van der Waals surface area contributed by atoms with Crippen molar-refractivity contribution >= 4 is 11.9 Å². The largest absolute Gasteiger partial charge is 0.480 e. The molecular weight excluding hydrogens is 182 g/mol. The van der Waals surface area contributed by atoms with Gasteiger partial charge in [0.1, 0.15) is 6.04 Å². The van der Waals surface area contributed by atoms with E-state index in [9.17, 15) is 9.59 Å². The van der Waals surface area contributed by atoms with Gasteiger partial charge in [-0.3, -0.25) is 4.79 Å². The number of likely N-dealkylation sites (tertiary alicyclic amines) is 1. The summed E-state index contributed by atoms with van der Waals surface area (Å²) >= 11 is 0. The number of aliphatic carboxylic acids is 1. The minimum atomic E-state index is -0.910. The molecule has 0 aromatic heterocycles. The summed E-state index contributed by atoms with van der Waals surface area (Å²) in [6, 6.07) is -0.651. The molecule has 14 heavy (non-hydrogen) atoms. The van der Waals surface area contributed by atoms with Crippen LogP contribution in [0.5, 0.6) is 0 Å². The number of carbonyl (C=O) groups excluding carboxylic acids is 1. The van der Waals surface area contributed by atoms with E-state index in [1.165, 1.54) is 11.0 Å². The average Bonchev–Trinajstić information content (AvgIpc) is 2.47. The number of carbonyl (C=O) groups is 2. The predicted octanol–water partition coefficient (Wildman–Crippen LogP) is 0.884. The van der Waals surface area contributed by atoms with Gasteiger partial charge < -0.3 is 10.0 Å². The van der Waals surface area contributed by atoms with Crippen molar-refractivity contribution in [2.75, 3.05) is 6.54 Å². The van der Waals surface area contributed by atoms with Crippen LogP contribution >= 0.6 is 0 Å². The molecule has 4 nitrogen and oxygen atoms in total. The minimum absolute atomic E-state index is 0.0428. The Labute approximate surface area is 83.2 Å². The van der Waals surface area contributed by atoms with E-state index in [2.05, 4.69) is 6.58 Å². The molecule has 0 aliphatic carbocycles. The fourth-order valence-electron chi connectivity index (χ4n) is 1.84. The monoisotopic (exact) mass is 197 g/mol. The fourth-order valence-corrected chi connectivity index (χ4v) is 1.84. The first-order valence-corrected chi connectivity index (χ1v) is 4.71. The molecule has 2 unspecified atom stereocenters. The van der Waals surface area contributed by atoms with Crippen molar-refractivity contribution in [2.24, 2.45) is 5.92 Å². The topological polar surface area (TPSA) is 57.6 Å². The quantitative estimate of drug-likeness (QED) is 0.683. The molecule has 78 valence electrons. The molecule has 2 atom stereocenters. The van der Waals surface area contributed by atoms with Gasteiger partial charge in [-0.15, -0.1) is 6.58 Å². The lowest BCUT2D eigenvalue weighted by Crippen LogP contribution is -2.42. The van der Waals surface area contributed by atoms with E-state index in [-0.39, 0.29) is 18.2 Å². The Balaban J connectivity index is 2.73. The Bertz CT molecular complexity index is 262. The van der Waals surface area contributed by atoms with Crippen molar-refractivity contribution in [1.82, 2.24) is 4.90 Å². The summed E-state index contributed by atoms with van der Waals surface area (Å²) < 4.78 is 0. The smallest absolute Gasteiger partial charge is 0.326 e. The van der Waals surface area contributed by atoms with Crippen molar-refractivity contribution in [2.45, 2.75) is 25.8 Å². The van der Waals surface area contributed by atoms with E-state index in [1.807, 2.05) is 6.92 Å². The molecule has 1 aliphatic heterocycles. The number of rotatable bonds is 3. The second-order valence-electron chi connectivity index (χ2n) is 3.63. The molecule has 1 aliphatic rings. The molecule has 1 amide bonds. The molecule has 1 N–H and O–H groups in total. The van der Waals surface area contributed by atoms with Crippen molar-refractivity contribution in [3.05, 3.63) is 12.7 Å². The van der Waals surface area contributed by atoms with Gasteiger partial charge in [0.15, 0.2) is 0 Å². The maximum atomic E-state index is 11.5. The van der Waals surface area contributed by atoms with Crippen LogP contribution < -0.4 is 0 Å². The van der Waals surface area contributed by atoms with Gasteiger partial charge in [-0.1, -0.05) is 13.0 Å². The highest BCUT2D eigenvalue weighted by atomic mass is 16.4. The van der Waals surface area contributed by atoms with E-state index in [0.29, 0.717) is 6.54 Å². The Hall–Kier alpha value is -1.32. The fraction of sp³-hybridized carbons (Fsp3) is 0.600. The van der Waals surface area contributed by atoms with Crippen LogP contribution in [0.3, 0.4) is 0 Å². The number of carboxylic acid groups (broad SMARTS) is 1. The van der Waals surface area contributed by atoms with Crippen LogP contribution in [0.25, 0.3) is 0 Å². The van der Waals surface area contributed by atoms with Crippen LogP contribution in [0.4, 0.5) is 0 Å². The lowest BCUT2D eigenvalue weighted by molar-refractivity contribution is -0.149. The SMILES string of the molecule is C=CCC(=O)N1CCC(C)C1C(=O)O. The zero-order chi connectivity index (χ0) is 10.7. The predicted molar refractivity (Wildman–Crippen MR) is 51.7 cm³/mol. The lowest BCUT2D eigenvalue weighted by Gasteiger charge is -2.22. The molecular formula is C10H15NO3. The molecule has 0 radical (unpaired) electrons. The highest BCUT2D eigenvalue weighted by molar-refractivity contribution is 5.85. The first-order chi connectivity index (χ1) is 6.57. The second kappa shape index (κ2) is 4.26. The highest BCUT2D eigenvalue weighted by Gasteiger charge is 2.38. The summed E-state index contributed by atoms with van der Waals surface area (Å²) in [5.41, 5.74) is 0. The zero-order valence-corrected chi connectivity index (χ0v) is 8.27. The standard InChI is InChI=1S/C10H15NO3/c1-3-4-8(12)11-6-5-7(2)9(11)10(13)14/h3,7,9H,1,4-6H2,2H3,(H,13,14). The summed E-state index contributed by atoms with van der Waals surface area (Å²) in [6.45, 7) is 5.87. The molecule has 0 bridgehead atoms. The van der Waals surface area contributed by atoms with Crippen molar-refractivity contribution < 1.29 is 14.7 Å². The second-order valence-corrected chi connectivity index (χ2v) is 3.63. The Morgan fingerprint density at radius 2 is 2.29 bits per heavy atom. The number of hydrogen-bond acceptors (Lipinski definition) is 2. The van der Waals surface area contributed by atoms with Crippen molar-refractivity contribution in [3.63, 3.8) is 0 Å². The zero-order valence-electron chi connectivity index (χ0n) is 8.27. The van der Waals surface area contributed by atoms with Gasteiger partial charge in [0, 0.05) is 13.0 Å². The molecule has 0 spiro atoms. The summed E-state index contributed by atoms with van der Waals surface area (Å²) in [5.74, 6) is -1.01. The van der Waals surface area contributed by atoms with Gasteiger partial charge in [-0.05, 0) is 12.3 Å². The van der Waals surface area contributed by atoms with Gasteiger partial charge in [0.2, 0.25) is 5.91 Å². The molecule has 1 heterocycles. The van der Waals surface area contributed by atoms with Gasteiger partial charge >= 0.3 is 5.97 Å². The maximum Gasteiger partial charge on any atom is 0.326 e. The van der Waals surface area contributed by atoms with Gasteiger partial charge in [0.25, 0.3) is 0 Å². The Morgan fingerprint density at radius 1 is 1.64 bits per heavy atom. The number of carboxylic acids is 1. The Morgan fingerprint density at radius 3 is 2.79 bits per heavy atom. The molecule has 1 fully saturated rings. The Kier molecular flexibility index (Phi) is 3.28. The summed E-state index contributed by atoms with van der Waals surface area (Å²) in [5, 5.41) is 8.95. The number of amides is 1. The van der Waals surface area contributed by atoms with E-state index < -0.39 is 12.0 Å². The molecule has 1 rings (SSSR count). The molecule has 0 saturated carbocycles. The molecule has 4 heteroatoms. The molecule has 0 aromatic carbocycles. The van der Waals surface area contributed by atoms with Gasteiger partial charge in [-0.2, -0.15) is 0 Å². The van der Waals surface area contributed by atoms with Crippen LogP contribution in [0, 0.1) is 5.92 Å². The van der Waals surface area contributed by atoms with Crippen molar-refractivity contribution in [3.8, 4) is 0 Å². The normalized spacial score (nSPS) is 26.2. The highest BCUT2D eigenvalue weighted by Crippen LogP contribution is 2.24. The lowest BCUT2D eigenvalue weighted by atomic mass is 10.0.